The Morgan fingerprint density at radius 1 is 1.12 bits per heavy atom. The smallest absolute Gasteiger partial charge is 0.343 e. The zero-order valence-corrected chi connectivity index (χ0v) is 15.7. The summed E-state index contributed by atoms with van der Waals surface area (Å²) in [6.07, 6.45) is 1.39. The molecule has 1 aromatic heterocycles. The summed E-state index contributed by atoms with van der Waals surface area (Å²) >= 11 is 0. The summed E-state index contributed by atoms with van der Waals surface area (Å²) in [6, 6.07) is 8.55. The number of fused-ring (bicyclic) bond motifs is 3. The van der Waals surface area contributed by atoms with Gasteiger partial charge in [-0.2, -0.15) is 0 Å². The average Bonchev–Trinajstić information content (AvgIpc) is 2.71. The van der Waals surface area contributed by atoms with E-state index in [1.807, 2.05) is 13.8 Å². The third kappa shape index (κ3) is 3.45. The SMILES string of the molecule is CCOP(=O)(CN1CCCn2c(c(C)c3ccccc32)C1)OCC. The molecule has 1 aromatic carbocycles. The molecular formula is C18H27N2O3P. The number of aryl methyl sites for hydroxylation is 2. The van der Waals surface area contributed by atoms with Crippen LogP contribution in [-0.2, 0) is 26.7 Å². The summed E-state index contributed by atoms with van der Waals surface area (Å²) < 4.78 is 26.2. The molecule has 132 valence electrons. The lowest BCUT2D eigenvalue weighted by molar-refractivity contribution is 0.194. The number of aromatic nitrogens is 1. The van der Waals surface area contributed by atoms with Gasteiger partial charge in [0.05, 0.1) is 13.2 Å². The Hall–Kier alpha value is -1.13. The molecule has 0 aliphatic carbocycles. The molecule has 0 unspecified atom stereocenters. The van der Waals surface area contributed by atoms with E-state index in [1.54, 1.807) is 0 Å². The lowest BCUT2D eigenvalue weighted by Gasteiger charge is -2.25. The van der Waals surface area contributed by atoms with Gasteiger partial charge >= 0.3 is 7.60 Å². The van der Waals surface area contributed by atoms with Gasteiger partial charge in [-0.1, -0.05) is 18.2 Å². The van der Waals surface area contributed by atoms with E-state index in [4.69, 9.17) is 9.05 Å². The number of nitrogens with zero attached hydrogens (tertiary/aromatic N) is 2. The molecule has 0 radical (unpaired) electrons. The first-order valence-electron chi connectivity index (χ1n) is 8.75. The highest BCUT2D eigenvalue weighted by Crippen LogP contribution is 2.49. The second kappa shape index (κ2) is 7.40. The minimum atomic E-state index is -3.05. The molecule has 1 aliphatic heterocycles. The third-order valence-corrected chi connectivity index (χ3v) is 6.66. The van der Waals surface area contributed by atoms with E-state index in [-0.39, 0.29) is 0 Å². The van der Waals surface area contributed by atoms with Crippen LogP contribution in [0.15, 0.2) is 24.3 Å². The molecule has 0 spiro atoms. The van der Waals surface area contributed by atoms with Crippen LogP contribution in [0.25, 0.3) is 10.9 Å². The van der Waals surface area contributed by atoms with Gasteiger partial charge in [0.1, 0.15) is 6.29 Å². The molecule has 5 nitrogen and oxygen atoms in total. The molecule has 24 heavy (non-hydrogen) atoms. The van der Waals surface area contributed by atoms with Gasteiger partial charge in [0, 0.05) is 36.2 Å². The van der Waals surface area contributed by atoms with E-state index >= 15 is 0 Å². The van der Waals surface area contributed by atoms with Gasteiger partial charge in [-0.3, -0.25) is 9.46 Å². The van der Waals surface area contributed by atoms with Crippen molar-refractivity contribution in [3.8, 4) is 0 Å². The zero-order chi connectivity index (χ0) is 17.2. The number of rotatable bonds is 6. The minimum Gasteiger partial charge on any atom is -0.343 e. The lowest BCUT2D eigenvalue weighted by Crippen LogP contribution is -2.26. The lowest BCUT2D eigenvalue weighted by atomic mass is 10.1. The van der Waals surface area contributed by atoms with Crippen molar-refractivity contribution in [3.05, 3.63) is 35.5 Å². The summed E-state index contributed by atoms with van der Waals surface area (Å²) in [4.78, 5) is 2.22. The Morgan fingerprint density at radius 2 is 1.83 bits per heavy atom. The molecule has 0 atom stereocenters. The van der Waals surface area contributed by atoms with Crippen LogP contribution in [0.4, 0.5) is 0 Å². The van der Waals surface area contributed by atoms with Crippen LogP contribution in [0.1, 0.15) is 31.5 Å². The summed E-state index contributed by atoms with van der Waals surface area (Å²) in [5.41, 5.74) is 3.93. The number of hydrogen-bond acceptors (Lipinski definition) is 4. The first-order valence-corrected chi connectivity index (χ1v) is 10.5. The van der Waals surface area contributed by atoms with E-state index in [0.29, 0.717) is 19.5 Å². The molecule has 0 N–H and O–H groups in total. The first kappa shape index (κ1) is 17.7. The largest absolute Gasteiger partial charge is 0.344 e. The van der Waals surface area contributed by atoms with Crippen LogP contribution in [0.2, 0.25) is 0 Å². The van der Waals surface area contributed by atoms with Crippen molar-refractivity contribution in [1.82, 2.24) is 9.47 Å². The second-order valence-electron chi connectivity index (χ2n) is 6.23. The van der Waals surface area contributed by atoms with Crippen LogP contribution < -0.4 is 0 Å². The number of benzene rings is 1. The highest BCUT2D eigenvalue weighted by atomic mass is 31.2. The van der Waals surface area contributed by atoms with E-state index in [1.165, 1.54) is 22.2 Å². The first-order chi connectivity index (χ1) is 11.6. The molecule has 3 rings (SSSR count). The van der Waals surface area contributed by atoms with Gasteiger partial charge in [0.2, 0.25) is 0 Å². The van der Waals surface area contributed by atoms with Crippen LogP contribution in [0.5, 0.6) is 0 Å². The molecule has 0 fully saturated rings. The fourth-order valence-electron chi connectivity index (χ4n) is 3.61. The Kier molecular flexibility index (Phi) is 5.46. The Balaban J connectivity index is 1.88. The molecule has 6 heteroatoms. The topological polar surface area (TPSA) is 43.7 Å². The monoisotopic (exact) mass is 350 g/mol. The summed E-state index contributed by atoms with van der Waals surface area (Å²) in [5, 5.41) is 1.31. The van der Waals surface area contributed by atoms with Crippen molar-refractivity contribution >= 4 is 18.5 Å². The van der Waals surface area contributed by atoms with Crippen molar-refractivity contribution in [2.24, 2.45) is 0 Å². The maximum atomic E-state index is 12.9. The quantitative estimate of drug-likeness (QED) is 0.725. The maximum absolute atomic E-state index is 12.9. The number of para-hydroxylation sites is 1. The summed E-state index contributed by atoms with van der Waals surface area (Å²) in [5.74, 6) is 0. The van der Waals surface area contributed by atoms with Gasteiger partial charge in [-0.15, -0.1) is 0 Å². The minimum absolute atomic E-state index is 0.357. The number of hydrogen-bond donors (Lipinski definition) is 0. The van der Waals surface area contributed by atoms with Gasteiger partial charge in [0.15, 0.2) is 0 Å². The normalized spacial score (nSPS) is 16.3. The molecule has 2 heterocycles. The average molecular weight is 350 g/mol. The van der Waals surface area contributed by atoms with E-state index in [9.17, 15) is 4.57 Å². The molecule has 0 saturated heterocycles. The van der Waals surface area contributed by atoms with Crippen molar-refractivity contribution in [2.75, 3.05) is 26.0 Å². The van der Waals surface area contributed by atoms with E-state index < -0.39 is 7.60 Å². The van der Waals surface area contributed by atoms with Crippen LogP contribution in [0, 0.1) is 6.92 Å². The van der Waals surface area contributed by atoms with Crippen molar-refractivity contribution in [1.29, 1.82) is 0 Å². The fraction of sp³-hybridized carbons (Fsp3) is 0.556. The Morgan fingerprint density at radius 3 is 2.54 bits per heavy atom. The van der Waals surface area contributed by atoms with Crippen LogP contribution in [0.3, 0.4) is 0 Å². The highest BCUT2D eigenvalue weighted by Gasteiger charge is 2.29. The van der Waals surface area contributed by atoms with Crippen molar-refractivity contribution in [3.63, 3.8) is 0 Å². The molecule has 2 aromatic rings. The molecule has 0 saturated carbocycles. The summed E-state index contributed by atoms with van der Waals surface area (Å²) in [7, 11) is -3.05. The van der Waals surface area contributed by atoms with Crippen LogP contribution in [-0.4, -0.2) is 35.5 Å². The predicted molar refractivity (Wildman–Crippen MR) is 97.4 cm³/mol. The van der Waals surface area contributed by atoms with Crippen molar-refractivity contribution < 1.29 is 13.6 Å². The molecular weight excluding hydrogens is 323 g/mol. The standard InChI is InChI=1S/C18H27N2O3P/c1-4-22-24(21,23-5-2)14-19-11-8-12-20-17-10-7-6-9-16(17)15(3)18(20)13-19/h6-7,9-10H,4-5,8,11-14H2,1-3H3. The van der Waals surface area contributed by atoms with Gasteiger partial charge in [-0.05, 0) is 38.8 Å². The molecule has 1 aliphatic rings. The predicted octanol–water partition coefficient (Wildman–Crippen LogP) is 4.38. The third-order valence-electron chi connectivity index (χ3n) is 4.61. The maximum Gasteiger partial charge on any atom is 0.344 e. The van der Waals surface area contributed by atoms with Gasteiger partial charge < -0.3 is 13.6 Å². The fourth-order valence-corrected chi connectivity index (χ4v) is 5.37. The van der Waals surface area contributed by atoms with Crippen LogP contribution >= 0.6 is 7.60 Å². The summed E-state index contributed by atoms with van der Waals surface area (Å²) in [6.45, 7) is 9.39. The zero-order valence-electron chi connectivity index (χ0n) is 14.8. The Labute approximate surface area is 144 Å². The van der Waals surface area contributed by atoms with Gasteiger partial charge in [-0.25, -0.2) is 0 Å². The molecule has 0 bridgehead atoms. The Bertz CT molecular complexity index is 746. The molecule has 0 amide bonds. The van der Waals surface area contributed by atoms with Gasteiger partial charge in [0.25, 0.3) is 0 Å². The second-order valence-corrected chi connectivity index (χ2v) is 8.26. The highest BCUT2D eigenvalue weighted by molar-refractivity contribution is 7.53. The van der Waals surface area contributed by atoms with E-state index in [0.717, 1.165) is 26.1 Å². The van der Waals surface area contributed by atoms with Crippen molar-refractivity contribution in [2.45, 2.75) is 40.3 Å². The van der Waals surface area contributed by atoms with E-state index in [2.05, 4.69) is 40.7 Å².